The van der Waals surface area contributed by atoms with Crippen molar-refractivity contribution in [2.24, 2.45) is 0 Å². The number of aromatic nitrogens is 1. The first-order valence-corrected chi connectivity index (χ1v) is 6.42. The molecule has 0 bridgehead atoms. The molecule has 0 radical (unpaired) electrons. The maximum absolute atomic E-state index is 13.7. The van der Waals surface area contributed by atoms with Gasteiger partial charge in [-0.05, 0) is 29.8 Å². The number of rotatable bonds is 2. The highest BCUT2D eigenvalue weighted by atomic mass is 32.1. The molecule has 0 unspecified atom stereocenters. The van der Waals surface area contributed by atoms with Gasteiger partial charge in [-0.3, -0.25) is 0 Å². The summed E-state index contributed by atoms with van der Waals surface area (Å²) in [5.41, 5.74) is 7.57. The van der Waals surface area contributed by atoms with Crippen LogP contribution in [0.3, 0.4) is 0 Å². The summed E-state index contributed by atoms with van der Waals surface area (Å²) in [7, 11) is 0. The van der Waals surface area contributed by atoms with Gasteiger partial charge in [-0.25, -0.2) is 9.37 Å². The molecule has 18 heavy (non-hydrogen) atoms. The molecule has 2 nitrogen and oxygen atoms in total. The largest absolute Gasteiger partial charge is 0.399 e. The summed E-state index contributed by atoms with van der Waals surface area (Å²) in [6.45, 7) is 0. The maximum Gasteiger partial charge on any atom is 0.128 e. The van der Waals surface area contributed by atoms with Crippen molar-refractivity contribution in [2.75, 3.05) is 5.73 Å². The van der Waals surface area contributed by atoms with Crippen molar-refractivity contribution in [3.05, 3.63) is 58.9 Å². The third-order valence-corrected chi connectivity index (χ3v) is 3.79. The lowest BCUT2D eigenvalue weighted by Gasteiger charge is -2.01. The second kappa shape index (κ2) is 4.38. The molecule has 2 N–H and O–H groups in total. The maximum atomic E-state index is 13.7. The van der Waals surface area contributed by atoms with Crippen molar-refractivity contribution in [1.29, 1.82) is 0 Å². The van der Waals surface area contributed by atoms with Crippen LogP contribution in [0.25, 0.3) is 10.2 Å². The van der Waals surface area contributed by atoms with Crippen LogP contribution < -0.4 is 5.73 Å². The Bertz CT molecular complexity index is 673. The Balaban J connectivity index is 1.96. The van der Waals surface area contributed by atoms with Crippen LogP contribution in [0.15, 0.2) is 42.5 Å². The number of nitrogens with zero attached hydrogens (tertiary/aromatic N) is 1. The van der Waals surface area contributed by atoms with Crippen LogP contribution in [0.4, 0.5) is 10.1 Å². The zero-order valence-electron chi connectivity index (χ0n) is 9.56. The van der Waals surface area contributed by atoms with E-state index in [1.807, 2.05) is 24.3 Å². The van der Waals surface area contributed by atoms with E-state index in [9.17, 15) is 4.39 Å². The van der Waals surface area contributed by atoms with Crippen molar-refractivity contribution in [1.82, 2.24) is 4.98 Å². The fourth-order valence-corrected chi connectivity index (χ4v) is 2.86. The van der Waals surface area contributed by atoms with E-state index in [0.717, 1.165) is 15.2 Å². The van der Waals surface area contributed by atoms with Crippen LogP contribution in [0, 0.1) is 5.82 Å². The average Bonchev–Trinajstić information content (AvgIpc) is 2.75. The van der Waals surface area contributed by atoms with E-state index >= 15 is 0 Å². The Morgan fingerprint density at radius 1 is 1.17 bits per heavy atom. The molecule has 0 aliphatic heterocycles. The van der Waals surface area contributed by atoms with E-state index in [1.165, 1.54) is 6.07 Å². The first kappa shape index (κ1) is 11.2. The smallest absolute Gasteiger partial charge is 0.128 e. The number of para-hydroxylation sites is 1. The lowest BCUT2D eigenvalue weighted by molar-refractivity contribution is 0.614. The number of fused-ring (bicyclic) bond motifs is 1. The highest BCUT2D eigenvalue weighted by Crippen LogP contribution is 2.24. The summed E-state index contributed by atoms with van der Waals surface area (Å²) in [6.07, 6.45) is 0.505. The lowest BCUT2D eigenvalue weighted by atomic mass is 10.1. The van der Waals surface area contributed by atoms with Crippen molar-refractivity contribution >= 4 is 27.2 Å². The van der Waals surface area contributed by atoms with Crippen molar-refractivity contribution in [3.8, 4) is 0 Å². The summed E-state index contributed by atoms with van der Waals surface area (Å²) >= 11 is 1.60. The zero-order chi connectivity index (χ0) is 12.5. The Hall–Kier alpha value is -1.94. The van der Waals surface area contributed by atoms with Crippen LogP contribution >= 0.6 is 11.3 Å². The molecule has 0 aliphatic rings. The Kier molecular flexibility index (Phi) is 2.72. The lowest BCUT2D eigenvalue weighted by Crippen LogP contribution is -1.94. The number of halogens is 1. The fraction of sp³-hybridized carbons (Fsp3) is 0.0714. The minimum atomic E-state index is -0.269. The molecule has 0 amide bonds. The Labute approximate surface area is 108 Å². The van der Waals surface area contributed by atoms with Crippen molar-refractivity contribution in [2.45, 2.75) is 6.42 Å². The van der Waals surface area contributed by atoms with E-state index in [4.69, 9.17) is 5.73 Å². The van der Waals surface area contributed by atoms with Gasteiger partial charge in [-0.15, -0.1) is 11.3 Å². The molecule has 0 atom stereocenters. The number of nitrogen functional groups attached to an aromatic ring is 1. The third kappa shape index (κ3) is 2.07. The van der Waals surface area contributed by atoms with Crippen molar-refractivity contribution < 1.29 is 4.39 Å². The first-order valence-electron chi connectivity index (χ1n) is 5.61. The quantitative estimate of drug-likeness (QED) is 0.713. The van der Waals surface area contributed by atoms with Gasteiger partial charge >= 0.3 is 0 Å². The summed E-state index contributed by atoms with van der Waals surface area (Å²) in [5, 5.41) is 0.917. The monoisotopic (exact) mass is 258 g/mol. The van der Waals surface area contributed by atoms with Gasteiger partial charge in [0.05, 0.1) is 15.2 Å². The molecule has 0 fully saturated rings. The van der Waals surface area contributed by atoms with Gasteiger partial charge in [0.1, 0.15) is 5.82 Å². The average molecular weight is 258 g/mol. The van der Waals surface area contributed by atoms with Gasteiger partial charge in [-0.2, -0.15) is 0 Å². The van der Waals surface area contributed by atoms with Gasteiger partial charge in [0, 0.05) is 12.1 Å². The van der Waals surface area contributed by atoms with Crippen LogP contribution in [-0.4, -0.2) is 4.98 Å². The second-order valence-electron chi connectivity index (χ2n) is 4.10. The normalized spacial score (nSPS) is 10.9. The molecule has 2 aromatic carbocycles. The van der Waals surface area contributed by atoms with E-state index in [-0.39, 0.29) is 5.82 Å². The summed E-state index contributed by atoms with van der Waals surface area (Å²) < 4.78 is 14.8. The zero-order valence-corrected chi connectivity index (χ0v) is 10.4. The highest BCUT2D eigenvalue weighted by molar-refractivity contribution is 7.18. The summed E-state index contributed by atoms with van der Waals surface area (Å²) in [6, 6.07) is 12.7. The topological polar surface area (TPSA) is 38.9 Å². The van der Waals surface area contributed by atoms with Gasteiger partial charge in [-0.1, -0.05) is 18.2 Å². The molecular weight excluding hydrogens is 247 g/mol. The van der Waals surface area contributed by atoms with Gasteiger partial charge in [0.15, 0.2) is 0 Å². The van der Waals surface area contributed by atoms with Gasteiger partial charge in [0.2, 0.25) is 0 Å². The summed E-state index contributed by atoms with van der Waals surface area (Å²) in [4.78, 5) is 4.49. The van der Waals surface area contributed by atoms with E-state index in [1.54, 1.807) is 23.5 Å². The van der Waals surface area contributed by atoms with Crippen LogP contribution in [0.5, 0.6) is 0 Å². The molecule has 3 aromatic rings. The molecule has 0 spiro atoms. The molecule has 1 aromatic heterocycles. The molecule has 4 heteroatoms. The number of nitrogens with two attached hydrogens (primary N) is 1. The highest BCUT2D eigenvalue weighted by Gasteiger charge is 2.08. The summed E-state index contributed by atoms with van der Waals surface area (Å²) in [5.74, 6) is -0.269. The molecular formula is C14H11FN2S. The first-order chi connectivity index (χ1) is 8.72. The third-order valence-electron chi connectivity index (χ3n) is 2.76. The van der Waals surface area contributed by atoms with Crippen LogP contribution in [0.2, 0.25) is 0 Å². The number of benzene rings is 2. The van der Waals surface area contributed by atoms with Crippen LogP contribution in [0.1, 0.15) is 10.6 Å². The molecule has 0 aliphatic carbocycles. The standard InChI is InChI=1S/C14H11FN2S/c15-11-8-10(16)6-5-9(11)7-14-17-12-3-1-2-4-13(12)18-14/h1-6,8H,7,16H2. The fourth-order valence-electron chi connectivity index (χ4n) is 1.87. The van der Waals surface area contributed by atoms with Gasteiger partial charge < -0.3 is 5.73 Å². The van der Waals surface area contributed by atoms with Crippen LogP contribution in [-0.2, 0) is 6.42 Å². The van der Waals surface area contributed by atoms with Gasteiger partial charge in [0.25, 0.3) is 0 Å². The predicted octanol–water partition coefficient (Wildman–Crippen LogP) is 3.61. The van der Waals surface area contributed by atoms with E-state index in [2.05, 4.69) is 4.98 Å². The predicted molar refractivity (Wildman–Crippen MR) is 73.2 cm³/mol. The van der Waals surface area contributed by atoms with E-state index in [0.29, 0.717) is 17.7 Å². The van der Waals surface area contributed by atoms with E-state index < -0.39 is 0 Å². The molecule has 0 saturated carbocycles. The Morgan fingerprint density at radius 2 is 2.00 bits per heavy atom. The SMILES string of the molecule is Nc1ccc(Cc2nc3ccccc3s2)c(F)c1. The minimum Gasteiger partial charge on any atom is -0.399 e. The number of hydrogen-bond acceptors (Lipinski definition) is 3. The van der Waals surface area contributed by atoms with Crippen molar-refractivity contribution in [3.63, 3.8) is 0 Å². The molecule has 0 saturated heterocycles. The number of thiazole rings is 1. The minimum absolute atomic E-state index is 0.269. The Morgan fingerprint density at radius 3 is 2.78 bits per heavy atom. The molecule has 90 valence electrons. The number of hydrogen-bond donors (Lipinski definition) is 1. The molecule has 1 heterocycles. The second-order valence-corrected chi connectivity index (χ2v) is 5.22. The number of anilines is 1. The molecule has 3 rings (SSSR count).